The first-order chi connectivity index (χ1) is 10.4. The van der Waals surface area contributed by atoms with E-state index in [0.29, 0.717) is 6.10 Å². The minimum Gasteiger partial charge on any atom is -0.378 e. The number of ether oxygens (including phenoxy) is 2. The predicted molar refractivity (Wildman–Crippen MR) is 90.3 cm³/mol. The first-order valence-corrected chi connectivity index (χ1v) is 8.76. The third-order valence-corrected chi connectivity index (χ3v) is 5.68. The van der Waals surface area contributed by atoms with Crippen LogP contribution in [0.4, 0.5) is 0 Å². The maximum Gasteiger partial charge on any atom is 0.165 e. The Hall–Kier alpha value is -1.47. The molecule has 1 atom stereocenters. The molecule has 21 heavy (non-hydrogen) atoms. The molecule has 2 aromatic carbocycles. The summed E-state index contributed by atoms with van der Waals surface area (Å²) in [4.78, 5) is 0. The Labute approximate surface area is 127 Å². The van der Waals surface area contributed by atoms with Gasteiger partial charge in [0.2, 0.25) is 0 Å². The van der Waals surface area contributed by atoms with Crippen molar-refractivity contribution in [1.82, 2.24) is 0 Å². The summed E-state index contributed by atoms with van der Waals surface area (Å²) in [6.07, 6.45) is 1.33. The van der Waals surface area contributed by atoms with E-state index in [9.17, 15) is 0 Å². The van der Waals surface area contributed by atoms with Gasteiger partial charge in [0.15, 0.2) is 18.2 Å². The molecule has 3 rings (SSSR count). The first-order valence-electron chi connectivity index (χ1n) is 7.35. The molecule has 0 bridgehead atoms. The Kier molecular flexibility index (Phi) is 5.18. The fourth-order valence-corrected chi connectivity index (χ4v) is 4.25. The average molecular weight is 299 g/mol. The van der Waals surface area contributed by atoms with Crippen molar-refractivity contribution in [3.8, 4) is 0 Å². The summed E-state index contributed by atoms with van der Waals surface area (Å²) < 4.78 is 10.8. The molecular weight excluding hydrogens is 279 g/mol. The smallest absolute Gasteiger partial charge is 0.165 e. The Balaban J connectivity index is 1.69. The van der Waals surface area contributed by atoms with Crippen LogP contribution in [0.5, 0.6) is 0 Å². The molecule has 1 fully saturated rings. The van der Waals surface area contributed by atoms with Crippen LogP contribution in [0, 0.1) is 0 Å². The van der Waals surface area contributed by atoms with E-state index in [4.69, 9.17) is 9.47 Å². The zero-order valence-corrected chi connectivity index (χ0v) is 12.9. The van der Waals surface area contributed by atoms with Crippen LogP contribution in [0.15, 0.2) is 60.7 Å². The number of benzene rings is 2. The summed E-state index contributed by atoms with van der Waals surface area (Å²) in [6, 6.07) is 21.5. The Morgan fingerprint density at radius 2 is 1.57 bits per heavy atom. The molecule has 0 radical (unpaired) electrons. The van der Waals surface area contributed by atoms with Crippen LogP contribution in [0.3, 0.4) is 0 Å². The largest absolute Gasteiger partial charge is 0.378 e. The summed E-state index contributed by atoms with van der Waals surface area (Å²) in [7, 11) is -0.403. The highest BCUT2D eigenvalue weighted by Gasteiger charge is 2.22. The van der Waals surface area contributed by atoms with Gasteiger partial charge in [-0.1, -0.05) is 36.4 Å². The summed E-state index contributed by atoms with van der Waals surface area (Å²) in [6.45, 7) is 2.38. The Bertz CT molecular complexity index is 535. The zero-order chi connectivity index (χ0) is 14.3. The van der Waals surface area contributed by atoms with E-state index < -0.39 is 7.55 Å². The average Bonchev–Trinajstić information content (AvgIpc) is 3.37. The highest BCUT2D eigenvalue weighted by atomic mass is 31.1. The van der Waals surface area contributed by atoms with Crippen molar-refractivity contribution in [2.75, 3.05) is 19.8 Å². The molecule has 1 aliphatic rings. The second-order valence-electron chi connectivity index (χ2n) is 5.04. The second-order valence-corrected chi connectivity index (χ2v) is 7.18. The molecule has 108 valence electrons. The lowest BCUT2D eigenvalue weighted by Crippen LogP contribution is -2.09. The molecule has 1 saturated heterocycles. The van der Waals surface area contributed by atoms with Crippen LogP contribution >= 0.6 is 7.55 Å². The zero-order valence-electron chi connectivity index (χ0n) is 12.0. The van der Waals surface area contributed by atoms with E-state index >= 15 is 0 Å². The van der Waals surface area contributed by atoms with Gasteiger partial charge >= 0.3 is 0 Å². The Morgan fingerprint density at radius 1 is 1.00 bits per heavy atom. The van der Waals surface area contributed by atoms with Crippen LogP contribution in [0.2, 0.25) is 0 Å². The third kappa shape index (κ3) is 4.50. The van der Waals surface area contributed by atoms with Gasteiger partial charge in [-0.25, -0.2) is 0 Å². The molecule has 2 aromatic rings. The summed E-state index contributed by atoms with van der Waals surface area (Å²) in [5.74, 6) is 2.41. The maximum absolute atomic E-state index is 5.63. The van der Waals surface area contributed by atoms with Crippen molar-refractivity contribution in [3.05, 3.63) is 60.7 Å². The highest BCUT2D eigenvalue weighted by molar-refractivity contribution is 7.72. The first kappa shape index (κ1) is 14.5. The quantitative estimate of drug-likeness (QED) is 0.445. The summed E-state index contributed by atoms with van der Waals surface area (Å²) in [5, 5.41) is 2.79. The molecule has 0 aliphatic carbocycles. The van der Waals surface area contributed by atoms with Gasteiger partial charge in [0.25, 0.3) is 0 Å². The normalized spacial score (nSPS) is 16.5. The minimum absolute atomic E-state index is 0.356. The Morgan fingerprint density at radius 3 is 2.10 bits per heavy atom. The van der Waals surface area contributed by atoms with Gasteiger partial charge in [0, 0.05) is 6.42 Å². The number of hydrogen-bond acceptors (Lipinski definition) is 2. The summed E-state index contributed by atoms with van der Waals surface area (Å²) >= 11 is 0. The van der Waals surface area contributed by atoms with Gasteiger partial charge in [0.1, 0.15) is 6.10 Å². The molecule has 3 heteroatoms. The van der Waals surface area contributed by atoms with Crippen LogP contribution in [-0.2, 0) is 9.47 Å². The highest BCUT2D eigenvalue weighted by Crippen LogP contribution is 2.21. The monoisotopic (exact) mass is 299 g/mol. The molecule has 1 aliphatic heterocycles. The predicted octanol–water partition coefficient (Wildman–Crippen LogP) is 2.73. The van der Waals surface area contributed by atoms with E-state index in [1.165, 1.54) is 10.6 Å². The van der Waals surface area contributed by atoms with E-state index in [0.717, 1.165) is 26.2 Å². The van der Waals surface area contributed by atoms with E-state index in [1.807, 2.05) is 0 Å². The molecule has 1 heterocycles. The van der Waals surface area contributed by atoms with Gasteiger partial charge in [-0.3, -0.25) is 0 Å². The molecule has 0 saturated carbocycles. The van der Waals surface area contributed by atoms with Crippen molar-refractivity contribution < 1.29 is 9.47 Å². The number of hydrogen-bond donors (Lipinski definition) is 0. The van der Waals surface area contributed by atoms with E-state index in [2.05, 4.69) is 66.5 Å². The van der Waals surface area contributed by atoms with E-state index in [1.54, 1.807) is 0 Å². The van der Waals surface area contributed by atoms with Gasteiger partial charge in [-0.15, -0.1) is 0 Å². The van der Waals surface area contributed by atoms with Crippen molar-refractivity contribution in [3.63, 3.8) is 0 Å². The SMILES string of the molecule is C(CCOCC1CO1)=[P+](c1ccccc1)c1ccccc1. The van der Waals surface area contributed by atoms with Gasteiger partial charge in [-0.2, -0.15) is 0 Å². The molecular formula is C18H20O2P+. The second kappa shape index (κ2) is 7.51. The number of epoxide rings is 1. The topological polar surface area (TPSA) is 21.8 Å². The van der Waals surface area contributed by atoms with Crippen LogP contribution in [0.1, 0.15) is 6.42 Å². The van der Waals surface area contributed by atoms with Gasteiger partial charge < -0.3 is 9.47 Å². The summed E-state index contributed by atoms with van der Waals surface area (Å²) in [5.41, 5.74) is 0. The fraction of sp³-hybridized carbons (Fsp3) is 0.278. The lowest BCUT2D eigenvalue weighted by Gasteiger charge is -1.99. The molecule has 0 N–H and O–H groups in total. The molecule has 1 unspecified atom stereocenters. The van der Waals surface area contributed by atoms with Crippen LogP contribution < -0.4 is 10.6 Å². The third-order valence-electron chi connectivity index (χ3n) is 3.35. The van der Waals surface area contributed by atoms with Crippen molar-refractivity contribution in [2.45, 2.75) is 12.5 Å². The van der Waals surface area contributed by atoms with Crippen LogP contribution in [0.25, 0.3) is 0 Å². The molecule has 0 amide bonds. The van der Waals surface area contributed by atoms with Gasteiger partial charge in [-0.05, 0) is 24.3 Å². The molecule has 0 spiro atoms. The van der Waals surface area contributed by atoms with Crippen molar-refractivity contribution in [2.24, 2.45) is 0 Å². The maximum atomic E-state index is 5.63. The molecule has 0 aromatic heterocycles. The minimum atomic E-state index is -0.403. The van der Waals surface area contributed by atoms with E-state index in [-0.39, 0.29) is 0 Å². The fourth-order valence-electron chi connectivity index (χ4n) is 2.18. The van der Waals surface area contributed by atoms with Gasteiger partial charge in [0.05, 0.1) is 25.6 Å². The van der Waals surface area contributed by atoms with Crippen molar-refractivity contribution >= 4 is 24.0 Å². The standard InChI is InChI=1S/C18H20O2P/c1-3-8-17(9-4-1)21(18-10-5-2-6-11-18)13-7-12-19-14-16-15-20-16/h1-6,8-11,13,16H,7,12,14-15H2/q+1. The lowest BCUT2D eigenvalue weighted by molar-refractivity contribution is 0.123. The molecule has 2 nitrogen and oxygen atoms in total. The van der Waals surface area contributed by atoms with Crippen molar-refractivity contribution in [1.29, 1.82) is 0 Å². The lowest BCUT2D eigenvalue weighted by atomic mass is 10.4. The number of rotatable bonds is 7. The van der Waals surface area contributed by atoms with Crippen LogP contribution in [-0.4, -0.2) is 31.7 Å².